The molecule has 0 atom stereocenters. The number of hydrogen-bond donors (Lipinski definition) is 1. The van der Waals surface area contributed by atoms with Gasteiger partial charge in [0, 0.05) is 26.2 Å². The Labute approximate surface area is 108 Å². The number of likely N-dealkylation sites (N-methyl/N-ethyl adjacent to an activating group) is 1. The van der Waals surface area contributed by atoms with E-state index in [4.69, 9.17) is 10.5 Å². The van der Waals surface area contributed by atoms with Crippen LogP contribution in [0.4, 0.5) is 0 Å². The van der Waals surface area contributed by atoms with Crippen LogP contribution in [0, 0.1) is 0 Å². The van der Waals surface area contributed by atoms with Crippen molar-refractivity contribution in [3.05, 3.63) is 42.0 Å². The Morgan fingerprint density at radius 3 is 2.61 bits per heavy atom. The van der Waals surface area contributed by atoms with Crippen LogP contribution in [0.25, 0.3) is 0 Å². The van der Waals surface area contributed by atoms with E-state index in [0.717, 1.165) is 11.3 Å². The summed E-state index contributed by atoms with van der Waals surface area (Å²) >= 11 is 0. The van der Waals surface area contributed by atoms with E-state index >= 15 is 0 Å². The molecule has 0 aliphatic rings. The molecule has 4 nitrogen and oxygen atoms in total. The van der Waals surface area contributed by atoms with Crippen molar-refractivity contribution in [1.82, 2.24) is 4.90 Å². The van der Waals surface area contributed by atoms with Gasteiger partial charge in [-0.1, -0.05) is 18.2 Å². The highest BCUT2D eigenvalue weighted by atomic mass is 16.5. The van der Waals surface area contributed by atoms with Gasteiger partial charge in [0.1, 0.15) is 5.75 Å². The maximum Gasteiger partial charge on any atom is 0.246 e. The summed E-state index contributed by atoms with van der Waals surface area (Å²) in [6, 6.07) is 7.74. The van der Waals surface area contributed by atoms with Crippen LogP contribution in [0.1, 0.15) is 12.5 Å². The summed E-state index contributed by atoms with van der Waals surface area (Å²) in [5.41, 5.74) is 6.37. The van der Waals surface area contributed by atoms with Gasteiger partial charge in [-0.3, -0.25) is 4.79 Å². The topological polar surface area (TPSA) is 55.6 Å². The minimum atomic E-state index is -0.0469. The van der Waals surface area contributed by atoms with Gasteiger partial charge in [0.15, 0.2) is 0 Å². The molecule has 0 radical (unpaired) electrons. The van der Waals surface area contributed by atoms with E-state index in [1.165, 1.54) is 6.08 Å². The molecule has 0 aromatic heterocycles. The van der Waals surface area contributed by atoms with Gasteiger partial charge in [0.25, 0.3) is 0 Å². The molecule has 0 spiro atoms. The second kappa shape index (κ2) is 7.50. The first-order valence-corrected chi connectivity index (χ1v) is 6.00. The number of ether oxygens (including phenoxy) is 1. The summed E-state index contributed by atoms with van der Waals surface area (Å²) in [6.45, 7) is 3.55. The summed E-state index contributed by atoms with van der Waals surface area (Å²) in [4.78, 5) is 13.3. The lowest BCUT2D eigenvalue weighted by Crippen LogP contribution is -2.24. The Bertz CT molecular complexity index is 399. The van der Waals surface area contributed by atoms with E-state index in [1.807, 2.05) is 31.2 Å². The number of nitrogens with zero attached hydrogens (tertiary/aromatic N) is 1. The van der Waals surface area contributed by atoms with E-state index < -0.39 is 0 Å². The van der Waals surface area contributed by atoms with Crippen molar-refractivity contribution in [2.45, 2.75) is 13.5 Å². The standard InChI is InChI=1S/C14H20N2O2/c1-3-18-13-8-6-12(7-9-13)11-16(2)14(17)5-4-10-15/h4-9H,3,10-11,15H2,1-2H3/b5-4+. The zero-order valence-corrected chi connectivity index (χ0v) is 10.9. The van der Waals surface area contributed by atoms with Crippen LogP contribution in [0.3, 0.4) is 0 Å². The van der Waals surface area contributed by atoms with E-state index in [0.29, 0.717) is 19.7 Å². The summed E-state index contributed by atoms with van der Waals surface area (Å²) in [7, 11) is 1.76. The van der Waals surface area contributed by atoms with Crippen molar-refractivity contribution < 1.29 is 9.53 Å². The maximum absolute atomic E-state index is 11.6. The number of rotatable bonds is 6. The van der Waals surface area contributed by atoms with E-state index in [1.54, 1.807) is 18.0 Å². The van der Waals surface area contributed by atoms with E-state index in [9.17, 15) is 4.79 Å². The van der Waals surface area contributed by atoms with Crippen LogP contribution in [-0.4, -0.2) is 31.0 Å². The third kappa shape index (κ3) is 4.59. The molecule has 4 heteroatoms. The monoisotopic (exact) mass is 248 g/mol. The van der Waals surface area contributed by atoms with Crippen LogP contribution < -0.4 is 10.5 Å². The number of benzene rings is 1. The van der Waals surface area contributed by atoms with E-state index in [-0.39, 0.29) is 5.91 Å². The highest BCUT2D eigenvalue weighted by Crippen LogP contribution is 2.13. The molecule has 0 aliphatic heterocycles. The first-order chi connectivity index (χ1) is 8.67. The normalized spacial score (nSPS) is 10.6. The minimum Gasteiger partial charge on any atom is -0.494 e. The fourth-order valence-electron chi connectivity index (χ4n) is 1.51. The molecule has 0 fully saturated rings. The van der Waals surface area contributed by atoms with Crippen molar-refractivity contribution >= 4 is 5.91 Å². The number of carbonyl (C=O) groups excluding carboxylic acids is 1. The molecule has 18 heavy (non-hydrogen) atoms. The molecule has 98 valence electrons. The van der Waals surface area contributed by atoms with Crippen molar-refractivity contribution in [2.75, 3.05) is 20.2 Å². The third-order valence-electron chi connectivity index (χ3n) is 2.43. The summed E-state index contributed by atoms with van der Waals surface area (Å²) in [6.07, 6.45) is 3.14. The maximum atomic E-state index is 11.6. The molecule has 1 aromatic rings. The molecule has 0 saturated heterocycles. The molecule has 0 heterocycles. The van der Waals surface area contributed by atoms with Gasteiger partial charge in [-0.05, 0) is 24.6 Å². The minimum absolute atomic E-state index is 0.0469. The zero-order chi connectivity index (χ0) is 13.4. The lowest BCUT2D eigenvalue weighted by atomic mass is 10.2. The van der Waals surface area contributed by atoms with Gasteiger partial charge in [-0.15, -0.1) is 0 Å². The second-order valence-electron chi connectivity index (χ2n) is 3.91. The van der Waals surface area contributed by atoms with Crippen LogP contribution in [0.15, 0.2) is 36.4 Å². The number of amides is 1. The van der Waals surface area contributed by atoms with Crippen molar-refractivity contribution in [2.24, 2.45) is 5.73 Å². The first kappa shape index (κ1) is 14.3. The average molecular weight is 248 g/mol. The molecule has 0 saturated carbocycles. The lowest BCUT2D eigenvalue weighted by Gasteiger charge is -2.15. The van der Waals surface area contributed by atoms with Gasteiger partial charge in [0.2, 0.25) is 5.91 Å². The van der Waals surface area contributed by atoms with E-state index in [2.05, 4.69) is 0 Å². The Hall–Kier alpha value is -1.81. The molecule has 1 aromatic carbocycles. The molecule has 1 amide bonds. The van der Waals surface area contributed by atoms with Crippen molar-refractivity contribution in [3.8, 4) is 5.75 Å². The SMILES string of the molecule is CCOc1ccc(CN(C)C(=O)/C=C/CN)cc1. The lowest BCUT2D eigenvalue weighted by molar-refractivity contribution is -0.125. The fraction of sp³-hybridized carbons (Fsp3) is 0.357. The summed E-state index contributed by atoms with van der Waals surface area (Å²) in [5, 5.41) is 0. The van der Waals surface area contributed by atoms with Crippen LogP contribution >= 0.6 is 0 Å². The van der Waals surface area contributed by atoms with Crippen molar-refractivity contribution in [1.29, 1.82) is 0 Å². The zero-order valence-electron chi connectivity index (χ0n) is 10.9. The van der Waals surface area contributed by atoms with Gasteiger partial charge < -0.3 is 15.4 Å². The molecule has 2 N–H and O–H groups in total. The van der Waals surface area contributed by atoms with Gasteiger partial charge in [-0.25, -0.2) is 0 Å². The molecule has 1 rings (SSSR count). The number of nitrogens with two attached hydrogens (primary N) is 1. The molecule has 0 unspecified atom stereocenters. The summed E-state index contributed by atoms with van der Waals surface area (Å²) < 4.78 is 5.36. The fourth-order valence-corrected chi connectivity index (χ4v) is 1.51. The number of hydrogen-bond acceptors (Lipinski definition) is 3. The number of carbonyl (C=O) groups is 1. The predicted octanol–water partition coefficient (Wildman–Crippen LogP) is 1.56. The van der Waals surface area contributed by atoms with Gasteiger partial charge in [0.05, 0.1) is 6.61 Å². The predicted molar refractivity (Wildman–Crippen MR) is 72.3 cm³/mol. The van der Waals surface area contributed by atoms with Gasteiger partial charge >= 0.3 is 0 Å². The molecule has 0 bridgehead atoms. The van der Waals surface area contributed by atoms with Crippen LogP contribution in [0.5, 0.6) is 5.75 Å². The molecular formula is C14H20N2O2. The Morgan fingerprint density at radius 2 is 2.06 bits per heavy atom. The Balaban J connectivity index is 2.56. The Morgan fingerprint density at radius 1 is 1.39 bits per heavy atom. The summed E-state index contributed by atoms with van der Waals surface area (Å²) in [5.74, 6) is 0.799. The van der Waals surface area contributed by atoms with Gasteiger partial charge in [-0.2, -0.15) is 0 Å². The quantitative estimate of drug-likeness (QED) is 0.777. The average Bonchev–Trinajstić information content (AvgIpc) is 2.38. The van der Waals surface area contributed by atoms with Crippen LogP contribution in [-0.2, 0) is 11.3 Å². The third-order valence-corrected chi connectivity index (χ3v) is 2.43. The highest BCUT2D eigenvalue weighted by Gasteiger charge is 2.05. The van der Waals surface area contributed by atoms with Crippen LogP contribution in [0.2, 0.25) is 0 Å². The highest BCUT2D eigenvalue weighted by molar-refractivity contribution is 5.87. The smallest absolute Gasteiger partial charge is 0.246 e. The Kier molecular flexibility index (Phi) is 5.94. The molecule has 0 aliphatic carbocycles. The second-order valence-corrected chi connectivity index (χ2v) is 3.91. The largest absolute Gasteiger partial charge is 0.494 e. The first-order valence-electron chi connectivity index (χ1n) is 6.00. The van der Waals surface area contributed by atoms with Crippen molar-refractivity contribution in [3.63, 3.8) is 0 Å². The molecular weight excluding hydrogens is 228 g/mol.